The smallest absolute Gasteiger partial charge is 0.271 e. The van der Waals surface area contributed by atoms with Crippen LogP contribution in [-0.4, -0.2) is 22.0 Å². The zero-order valence-corrected chi connectivity index (χ0v) is 12.1. The van der Waals surface area contributed by atoms with Crippen molar-refractivity contribution >= 4 is 17.2 Å². The van der Waals surface area contributed by atoms with E-state index in [0.717, 1.165) is 0 Å². The van der Waals surface area contributed by atoms with E-state index >= 15 is 0 Å². The van der Waals surface area contributed by atoms with E-state index in [1.54, 1.807) is 12.5 Å². The molecule has 0 saturated carbocycles. The molecule has 0 aromatic carbocycles. The Labute approximate surface area is 121 Å². The molecule has 0 radical (unpaired) electrons. The van der Waals surface area contributed by atoms with Gasteiger partial charge in [-0.05, 0) is 30.9 Å². The Morgan fingerprint density at radius 2 is 2.40 bits per heavy atom. The molecular weight excluding hydrogens is 272 g/mol. The van der Waals surface area contributed by atoms with Crippen LogP contribution < -0.4 is 11.1 Å². The van der Waals surface area contributed by atoms with Crippen molar-refractivity contribution in [3.8, 4) is 0 Å². The molecule has 0 saturated heterocycles. The monoisotopic (exact) mass is 290 g/mol. The van der Waals surface area contributed by atoms with Crippen molar-refractivity contribution < 1.29 is 4.79 Å². The summed E-state index contributed by atoms with van der Waals surface area (Å²) in [5, 5.41) is 2.92. The fourth-order valence-corrected chi connectivity index (χ4v) is 3.68. The first-order chi connectivity index (χ1) is 9.76. The van der Waals surface area contributed by atoms with Crippen LogP contribution in [-0.2, 0) is 25.9 Å². The molecule has 2 heterocycles. The molecule has 3 rings (SSSR count). The van der Waals surface area contributed by atoms with Gasteiger partial charge in [-0.3, -0.25) is 4.79 Å². The number of rotatable bonds is 5. The highest BCUT2D eigenvalue weighted by molar-refractivity contribution is 7.12. The first-order valence-corrected chi connectivity index (χ1v) is 7.68. The third-order valence-electron chi connectivity index (χ3n) is 3.47. The molecule has 0 spiro atoms. The fraction of sp³-hybridized carbons (Fsp3) is 0.429. The molecular formula is C14H18N4OS. The van der Waals surface area contributed by atoms with Gasteiger partial charge in [0.2, 0.25) is 0 Å². The average Bonchev–Trinajstić information content (AvgIpc) is 3.11. The summed E-state index contributed by atoms with van der Waals surface area (Å²) < 4.78 is 1.83. The van der Waals surface area contributed by atoms with E-state index in [1.807, 2.05) is 15.9 Å². The topological polar surface area (TPSA) is 72.9 Å². The third-order valence-corrected chi connectivity index (χ3v) is 4.71. The number of carbonyl (C=O) groups excluding carboxylic acids is 1. The van der Waals surface area contributed by atoms with E-state index in [4.69, 9.17) is 5.73 Å². The first kappa shape index (κ1) is 13.3. The van der Waals surface area contributed by atoms with Crippen molar-refractivity contribution in [3.05, 3.63) is 39.6 Å². The Morgan fingerprint density at radius 1 is 1.50 bits per heavy atom. The number of thiophene rings is 1. The number of aryl methyl sites for hydroxylation is 2. The highest BCUT2D eigenvalue weighted by atomic mass is 32.1. The van der Waals surface area contributed by atoms with Gasteiger partial charge in [0.1, 0.15) is 5.69 Å². The molecule has 0 bridgehead atoms. The van der Waals surface area contributed by atoms with Gasteiger partial charge in [0.15, 0.2) is 0 Å². The first-order valence-electron chi connectivity index (χ1n) is 6.87. The van der Waals surface area contributed by atoms with E-state index in [0.29, 0.717) is 25.3 Å². The minimum Gasteiger partial charge on any atom is -0.346 e. The zero-order chi connectivity index (χ0) is 13.9. The van der Waals surface area contributed by atoms with Crippen molar-refractivity contribution in [2.75, 3.05) is 6.54 Å². The highest BCUT2D eigenvalue weighted by Crippen LogP contribution is 2.30. The van der Waals surface area contributed by atoms with Crippen molar-refractivity contribution in [2.24, 2.45) is 5.73 Å². The molecule has 0 fully saturated rings. The van der Waals surface area contributed by atoms with Gasteiger partial charge in [0.05, 0.1) is 12.9 Å². The normalized spacial score (nSPS) is 13.4. The van der Waals surface area contributed by atoms with Gasteiger partial charge in [-0.15, -0.1) is 11.3 Å². The predicted molar refractivity (Wildman–Crippen MR) is 78.8 cm³/mol. The number of nitrogens with one attached hydrogen (secondary N) is 1. The lowest BCUT2D eigenvalue weighted by Gasteiger charge is -2.01. The largest absolute Gasteiger partial charge is 0.346 e. The maximum absolute atomic E-state index is 12.0. The van der Waals surface area contributed by atoms with Gasteiger partial charge in [-0.25, -0.2) is 4.98 Å². The van der Waals surface area contributed by atoms with Crippen LogP contribution in [0.4, 0.5) is 0 Å². The van der Waals surface area contributed by atoms with Crippen molar-refractivity contribution in [1.82, 2.24) is 14.9 Å². The summed E-state index contributed by atoms with van der Waals surface area (Å²) in [6.07, 6.45) is 7.02. The summed E-state index contributed by atoms with van der Waals surface area (Å²) in [5.74, 6) is -0.130. The lowest BCUT2D eigenvalue weighted by molar-refractivity contribution is 0.0946. The second-order valence-electron chi connectivity index (χ2n) is 4.98. The van der Waals surface area contributed by atoms with Crippen LogP contribution in [0.25, 0.3) is 0 Å². The predicted octanol–water partition coefficient (Wildman–Crippen LogP) is 1.32. The van der Waals surface area contributed by atoms with Gasteiger partial charge in [0.25, 0.3) is 5.91 Å². The minimum atomic E-state index is -0.130. The van der Waals surface area contributed by atoms with Gasteiger partial charge in [0, 0.05) is 29.0 Å². The Morgan fingerprint density at radius 3 is 3.20 bits per heavy atom. The number of fused-ring (bicyclic) bond motifs is 1. The molecule has 1 aliphatic rings. The number of nitrogens with two attached hydrogens (primary N) is 1. The van der Waals surface area contributed by atoms with E-state index in [9.17, 15) is 4.79 Å². The minimum absolute atomic E-state index is 0.130. The maximum atomic E-state index is 12.0. The van der Waals surface area contributed by atoms with Crippen LogP contribution in [0, 0.1) is 0 Å². The molecule has 5 nitrogen and oxygen atoms in total. The fourth-order valence-electron chi connectivity index (χ4n) is 2.48. The molecule has 0 unspecified atom stereocenters. The molecule has 20 heavy (non-hydrogen) atoms. The lowest BCUT2D eigenvalue weighted by Crippen LogP contribution is -2.22. The number of carbonyl (C=O) groups is 1. The highest BCUT2D eigenvalue weighted by Gasteiger charge is 2.15. The quantitative estimate of drug-likeness (QED) is 0.872. The number of aromatic nitrogens is 2. The van der Waals surface area contributed by atoms with Crippen LogP contribution >= 0.6 is 11.3 Å². The maximum Gasteiger partial charge on any atom is 0.271 e. The van der Waals surface area contributed by atoms with Crippen molar-refractivity contribution in [3.63, 3.8) is 0 Å². The van der Waals surface area contributed by atoms with Crippen LogP contribution in [0.15, 0.2) is 18.6 Å². The Hall–Kier alpha value is -1.66. The van der Waals surface area contributed by atoms with E-state index in [2.05, 4.69) is 16.4 Å². The third kappa shape index (κ3) is 2.76. The van der Waals surface area contributed by atoms with Crippen LogP contribution in [0.3, 0.4) is 0 Å². The SMILES string of the molecule is NCCn1cnc(C(=O)NCc2cc3c(s2)CCC3)c1. The van der Waals surface area contributed by atoms with E-state index in [1.165, 1.54) is 34.6 Å². The summed E-state index contributed by atoms with van der Waals surface area (Å²) in [7, 11) is 0. The molecule has 6 heteroatoms. The Bertz CT molecular complexity index is 595. The summed E-state index contributed by atoms with van der Waals surface area (Å²) in [6.45, 7) is 1.80. The van der Waals surface area contributed by atoms with Gasteiger partial charge < -0.3 is 15.6 Å². The number of nitrogens with zero attached hydrogens (tertiary/aromatic N) is 2. The average molecular weight is 290 g/mol. The second-order valence-corrected chi connectivity index (χ2v) is 6.20. The standard InChI is InChI=1S/C14H18N4OS/c15-4-5-18-8-12(17-9-18)14(19)16-7-11-6-10-2-1-3-13(10)20-11/h6,8-9H,1-5,7,15H2,(H,16,19). The van der Waals surface area contributed by atoms with Crippen molar-refractivity contribution in [2.45, 2.75) is 32.4 Å². The molecule has 2 aromatic rings. The molecule has 3 N–H and O–H groups in total. The molecule has 0 atom stereocenters. The van der Waals surface area contributed by atoms with Crippen LogP contribution in [0.5, 0.6) is 0 Å². The molecule has 1 aliphatic carbocycles. The summed E-state index contributed by atoms with van der Waals surface area (Å²) in [4.78, 5) is 18.8. The lowest BCUT2D eigenvalue weighted by atomic mass is 10.2. The van der Waals surface area contributed by atoms with Gasteiger partial charge >= 0.3 is 0 Å². The molecule has 2 aromatic heterocycles. The second kappa shape index (κ2) is 5.76. The Kier molecular flexibility index (Phi) is 3.84. The van der Waals surface area contributed by atoms with Gasteiger partial charge in [-0.2, -0.15) is 0 Å². The number of hydrogen-bond acceptors (Lipinski definition) is 4. The van der Waals surface area contributed by atoms with E-state index < -0.39 is 0 Å². The van der Waals surface area contributed by atoms with Crippen molar-refractivity contribution in [1.29, 1.82) is 0 Å². The van der Waals surface area contributed by atoms with Crippen LogP contribution in [0.2, 0.25) is 0 Å². The summed E-state index contributed by atoms with van der Waals surface area (Å²) >= 11 is 1.82. The molecule has 106 valence electrons. The number of hydrogen-bond donors (Lipinski definition) is 2. The number of imidazole rings is 1. The van der Waals surface area contributed by atoms with Gasteiger partial charge in [-0.1, -0.05) is 0 Å². The zero-order valence-electron chi connectivity index (χ0n) is 11.3. The summed E-state index contributed by atoms with van der Waals surface area (Å²) in [5.41, 5.74) is 7.38. The molecule has 1 amide bonds. The van der Waals surface area contributed by atoms with Crippen LogP contribution in [0.1, 0.15) is 32.2 Å². The van der Waals surface area contributed by atoms with E-state index in [-0.39, 0.29) is 5.91 Å². The number of amides is 1. The summed E-state index contributed by atoms with van der Waals surface area (Å²) in [6, 6.07) is 2.22. The molecule has 0 aliphatic heterocycles. The Balaban J connectivity index is 1.57.